The van der Waals surface area contributed by atoms with Gasteiger partial charge in [0.2, 0.25) is 0 Å². The third kappa shape index (κ3) is 5.73. The highest BCUT2D eigenvalue weighted by atomic mass is 16.1. The van der Waals surface area contributed by atoms with E-state index in [-0.39, 0.29) is 18.1 Å². The van der Waals surface area contributed by atoms with Gasteiger partial charge in [0.1, 0.15) is 0 Å². The second-order valence-electron chi connectivity index (χ2n) is 2.57. The molecule has 0 N–H and O–H groups in total. The Bertz CT molecular complexity index is 275. The van der Waals surface area contributed by atoms with E-state index in [4.69, 9.17) is 0 Å². The second-order valence-corrected chi connectivity index (χ2v) is 2.57. The van der Waals surface area contributed by atoms with Crippen LogP contribution in [0.15, 0.2) is 29.3 Å². The van der Waals surface area contributed by atoms with E-state index in [9.17, 15) is 9.59 Å². The van der Waals surface area contributed by atoms with E-state index in [2.05, 4.69) is 11.6 Å². The molecular formula is C10H13NO2. The van der Waals surface area contributed by atoms with Crippen LogP contribution in [0.3, 0.4) is 0 Å². The van der Waals surface area contributed by atoms with Crippen LogP contribution in [0.4, 0.5) is 0 Å². The van der Waals surface area contributed by atoms with Crippen LogP contribution in [0.5, 0.6) is 0 Å². The van der Waals surface area contributed by atoms with E-state index in [0.717, 1.165) is 0 Å². The Labute approximate surface area is 77.9 Å². The molecule has 0 unspecified atom stereocenters. The molecule has 0 bridgehead atoms. The molecule has 0 fully saturated rings. The summed E-state index contributed by atoms with van der Waals surface area (Å²) in [5.74, 6) is -0.0723. The summed E-state index contributed by atoms with van der Waals surface area (Å²) in [6.07, 6.45) is 4.44. The van der Waals surface area contributed by atoms with E-state index >= 15 is 0 Å². The molecule has 0 aromatic carbocycles. The Hall–Kier alpha value is -1.51. The Morgan fingerprint density at radius 2 is 2.00 bits per heavy atom. The monoisotopic (exact) mass is 179 g/mol. The molecule has 70 valence electrons. The number of allylic oxidation sites excluding steroid dienone is 3. The van der Waals surface area contributed by atoms with Gasteiger partial charge < -0.3 is 0 Å². The first-order valence-electron chi connectivity index (χ1n) is 3.91. The molecule has 0 aromatic rings. The van der Waals surface area contributed by atoms with Crippen molar-refractivity contribution < 1.29 is 9.59 Å². The normalized spacial score (nSPS) is 11.7. The van der Waals surface area contributed by atoms with E-state index in [0.29, 0.717) is 5.57 Å². The number of nitrogens with zero attached hydrogens (tertiary/aromatic N) is 1. The fourth-order valence-corrected chi connectivity index (χ4v) is 0.643. The average Bonchev–Trinajstić information content (AvgIpc) is 2.03. The number of rotatable bonds is 5. The lowest BCUT2D eigenvalue weighted by Crippen LogP contribution is -1.95. The standard InChI is InChI=1S/C10H13NO2/c1-4-10(9(3)13)5-6-11-7-8(2)12/h4-6H,1,7H2,2-3H3/b10-5+,11-6?. The average molecular weight is 179 g/mol. The molecule has 3 nitrogen and oxygen atoms in total. The highest BCUT2D eigenvalue weighted by molar-refractivity contribution is 5.99. The maximum atomic E-state index is 10.8. The van der Waals surface area contributed by atoms with E-state index in [1.54, 1.807) is 0 Å². The predicted octanol–water partition coefficient (Wildman–Crippen LogP) is 1.35. The first-order valence-corrected chi connectivity index (χ1v) is 3.91. The molecule has 0 aliphatic carbocycles. The van der Waals surface area contributed by atoms with Crippen LogP contribution in [-0.2, 0) is 9.59 Å². The summed E-state index contributed by atoms with van der Waals surface area (Å²) < 4.78 is 0. The van der Waals surface area contributed by atoms with Crippen LogP contribution in [0.2, 0.25) is 0 Å². The van der Waals surface area contributed by atoms with Gasteiger partial charge in [0.25, 0.3) is 0 Å². The van der Waals surface area contributed by atoms with Gasteiger partial charge in [0.15, 0.2) is 11.6 Å². The lowest BCUT2D eigenvalue weighted by Gasteiger charge is -1.90. The number of hydrogen-bond acceptors (Lipinski definition) is 3. The largest absolute Gasteiger partial charge is 0.298 e. The molecule has 0 aliphatic rings. The van der Waals surface area contributed by atoms with Gasteiger partial charge in [-0.25, -0.2) is 0 Å². The SMILES string of the molecule is C=C/C(=C\C=NCC(C)=O)C(C)=O. The van der Waals surface area contributed by atoms with Gasteiger partial charge in [-0.15, -0.1) is 0 Å². The molecule has 0 saturated heterocycles. The lowest BCUT2D eigenvalue weighted by atomic mass is 10.2. The molecule has 0 heterocycles. The number of carbonyl (C=O) groups is 2. The summed E-state index contributed by atoms with van der Waals surface area (Å²) in [7, 11) is 0. The molecule has 0 spiro atoms. The maximum absolute atomic E-state index is 10.8. The molecule has 13 heavy (non-hydrogen) atoms. The smallest absolute Gasteiger partial charge is 0.159 e. The molecular weight excluding hydrogens is 166 g/mol. The van der Waals surface area contributed by atoms with Crippen molar-refractivity contribution in [2.45, 2.75) is 13.8 Å². The minimum atomic E-state index is -0.0655. The predicted molar refractivity (Wildman–Crippen MR) is 53.0 cm³/mol. The van der Waals surface area contributed by atoms with Crippen molar-refractivity contribution in [3.05, 3.63) is 24.3 Å². The van der Waals surface area contributed by atoms with Gasteiger partial charge in [0, 0.05) is 11.8 Å². The van der Waals surface area contributed by atoms with Crippen LogP contribution in [-0.4, -0.2) is 24.3 Å². The van der Waals surface area contributed by atoms with Gasteiger partial charge in [-0.2, -0.15) is 0 Å². The van der Waals surface area contributed by atoms with Crippen LogP contribution in [0.1, 0.15) is 13.8 Å². The Balaban J connectivity index is 4.22. The topological polar surface area (TPSA) is 46.5 Å². The van der Waals surface area contributed by atoms with Crippen molar-refractivity contribution in [1.29, 1.82) is 0 Å². The van der Waals surface area contributed by atoms with Crippen LogP contribution in [0.25, 0.3) is 0 Å². The zero-order valence-corrected chi connectivity index (χ0v) is 7.91. The first-order chi connectivity index (χ1) is 6.07. The van der Waals surface area contributed by atoms with Crippen molar-refractivity contribution >= 4 is 17.8 Å². The summed E-state index contributed by atoms with van der Waals surface area (Å²) in [4.78, 5) is 25.1. The molecule has 0 saturated carbocycles. The van der Waals surface area contributed by atoms with Crippen LogP contribution < -0.4 is 0 Å². The van der Waals surface area contributed by atoms with E-state index < -0.39 is 0 Å². The zero-order valence-electron chi connectivity index (χ0n) is 7.91. The zero-order chi connectivity index (χ0) is 10.3. The van der Waals surface area contributed by atoms with Crippen LogP contribution in [0, 0.1) is 0 Å². The summed E-state index contributed by atoms with van der Waals surface area (Å²) in [5, 5.41) is 0. The fraction of sp³-hybridized carbons (Fsp3) is 0.300. The highest BCUT2D eigenvalue weighted by Gasteiger charge is 1.94. The number of aliphatic imine (C=N–C) groups is 1. The molecule has 0 atom stereocenters. The molecule has 0 aromatic heterocycles. The Morgan fingerprint density at radius 1 is 1.38 bits per heavy atom. The Kier molecular flexibility index (Phi) is 5.35. The second kappa shape index (κ2) is 6.06. The lowest BCUT2D eigenvalue weighted by molar-refractivity contribution is -0.115. The number of ketones is 2. The molecule has 0 radical (unpaired) electrons. The maximum Gasteiger partial charge on any atom is 0.159 e. The minimum Gasteiger partial charge on any atom is -0.298 e. The summed E-state index contributed by atoms with van der Waals surface area (Å²) in [6, 6.07) is 0. The minimum absolute atomic E-state index is 0.00683. The van der Waals surface area contributed by atoms with Gasteiger partial charge in [-0.1, -0.05) is 12.7 Å². The third-order valence-corrected chi connectivity index (χ3v) is 1.30. The van der Waals surface area contributed by atoms with Gasteiger partial charge >= 0.3 is 0 Å². The molecule has 0 aliphatic heterocycles. The van der Waals surface area contributed by atoms with Crippen molar-refractivity contribution in [2.24, 2.45) is 4.99 Å². The molecule has 0 amide bonds. The van der Waals surface area contributed by atoms with Crippen molar-refractivity contribution in [1.82, 2.24) is 0 Å². The van der Waals surface area contributed by atoms with Gasteiger partial charge in [0.05, 0.1) is 6.54 Å². The van der Waals surface area contributed by atoms with E-state index in [1.807, 2.05) is 0 Å². The van der Waals surface area contributed by atoms with Crippen LogP contribution >= 0.6 is 0 Å². The van der Waals surface area contributed by atoms with E-state index in [1.165, 1.54) is 32.2 Å². The Morgan fingerprint density at radius 3 is 2.38 bits per heavy atom. The summed E-state index contributed by atoms with van der Waals surface area (Å²) in [5.41, 5.74) is 0.493. The highest BCUT2D eigenvalue weighted by Crippen LogP contribution is 1.94. The first kappa shape index (κ1) is 11.5. The number of hydrogen-bond donors (Lipinski definition) is 0. The quantitative estimate of drug-likeness (QED) is 0.363. The fourth-order valence-electron chi connectivity index (χ4n) is 0.643. The molecule has 3 heteroatoms. The third-order valence-electron chi connectivity index (χ3n) is 1.30. The van der Waals surface area contributed by atoms with Crippen molar-refractivity contribution in [3.8, 4) is 0 Å². The van der Waals surface area contributed by atoms with Crippen molar-refractivity contribution in [3.63, 3.8) is 0 Å². The number of Topliss-reactive ketones (excluding diaryl/α,β-unsaturated/α-hetero) is 2. The summed E-state index contributed by atoms with van der Waals surface area (Å²) in [6.45, 7) is 6.54. The number of carbonyl (C=O) groups excluding carboxylic acids is 2. The summed E-state index contributed by atoms with van der Waals surface area (Å²) >= 11 is 0. The van der Waals surface area contributed by atoms with Gasteiger partial charge in [-0.05, 0) is 19.9 Å². The molecule has 0 rings (SSSR count). The van der Waals surface area contributed by atoms with Crippen molar-refractivity contribution in [2.75, 3.05) is 6.54 Å². The van der Waals surface area contributed by atoms with Gasteiger partial charge in [-0.3, -0.25) is 14.6 Å².